The second-order valence-corrected chi connectivity index (χ2v) is 9.94. The molecule has 1 N–H and O–H groups in total. The summed E-state index contributed by atoms with van der Waals surface area (Å²) in [6.45, 7) is 8.34. The lowest BCUT2D eigenvalue weighted by molar-refractivity contribution is -0.123. The molecule has 2 unspecified atom stereocenters. The van der Waals surface area contributed by atoms with Gasteiger partial charge >= 0.3 is 0 Å². The zero-order chi connectivity index (χ0) is 22.9. The number of benzene rings is 1. The van der Waals surface area contributed by atoms with Crippen molar-refractivity contribution in [3.8, 4) is 0 Å². The third-order valence-electron chi connectivity index (χ3n) is 7.49. The second kappa shape index (κ2) is 9.21. The normalized spacial score (nSPS) is 23.4. The molecule has 1 saturated carbocycles. The van der Waals surface area contributed by atoms with E-state index in [1.807, 2.05) is 36.9 Å². The van der Waals surface area contributed by atoms with Gasteiger partial charge in [0.15, 0.2) is 0 Å². The first-order valence-electron chi connectivity index (χ1n) is 12.1. The van der Waals surface area contributed by atoms with E-state index in [1.165, 1.54) is 11.9 Å². The van der Waals surface area contributed by atoms with Crippen molar-refractivity contribution in [3.05, 3.63) is 59.2 Å². The van der Waals surface area contributed by atoms with E-state index in [2.05, 4.69) is 32.3 Å². The lowest BCUT2D eigenvalue weighted by Crippen LogP contribution is -2.36. The Kier molecular flexibility index (Phi) is 6.15. The van der Waals surface area contributed by atoms with Gasteiger partial charge in [0.1, 0.15) is 6.33 Å². The van der Waals surface area contributed by atoms with Crippen LogP contribution in [0.5, 0.6) is 0 Å². The molecular weight excluding hydrogens is 414 g/mol. The number of hydrogen-bond donors (Lipinski definition) is 1. The Hall–Kier alpha value is -2.80. The molecule has 2 amide bonds. The van der Waals surface area contributed by atoms with E-state index in [1.54, 1.807) is 0 Å². The Morgan fingerprint density at radius 2 is 1.64 bits per heavy atom. The van der Waals surface area contributed by atoms with Crippen LogP contribution in [0.2, 0.25) is 0 Å². The summed E-state index contributed by atoms with van der Waals surface area (Å²) >= 11 is 0. The molecule has 1 aromatic heterocycles. The number of hydrogen-bond acceptors (Lipinski definition) is 5. The minimum absolute atomic E-state index is 0.0573. The highest BCUT2D eigenvalue weighted by Gasteiger charge is 2.42. The number of likely N-dealkylation sites (tertiary alicyclic amines) is 2. The van der Waals surface area contributed by atoms with Crippen LogP contribution in [-0.4, -0.2) is 64.3 Å². The molecule has 1 aromatic carbocycles. The molecule has 2 saturated heterocycles. The number of nitrogens with one attached hydrogen (secondary N) is 1. The quantitative estimate of drug-likeness (QED) is 0.706. The van der Waals surface area contributed by atoms with Gasteiger partial charge in [0.2, 0.25) is 5.91 Å². The second-order valence-electron chi connectivity index (χ2n) is 9.94. The highest BCUT2D eigenvalue weighted by Crippen LogP contribution is 2.34. The number of aryl methyl sites for hydroxylation is 2. The van der Waals surface area contributed by atoms with Gasteiger partial charge < -0.3 is 15.1 Å². The van der Waals surface area contributed by atoms with Crippen molar-refractivity contribution in [2.24, 2.45) is 17.8 Å². The van der Waals surface area contributed by atoms with Crippen molar-refractivity contribution in [1.82, 2.24) is 25.1 Å². The first kappa shape index (κ1) is 22.0. The van der Waals surface area contributed by atoms with Gasteiger partial charge in [-0.1, -0.05) is 30.3 Å². The summed E-state index contributed by atoms with van der Waals surface area (Å²) in [5, 5.41) is 3.29. The number of rotatable bonds is 7. The van der Waals surface area contributed by atoms with Crippen LogP contribution in [0.15, 0.2) is 36.7 Å². The SMILES string of the molecule is Cc1ncnc(C)c1C(=O)N1CC2CN(CC[C@H](NC(=O)C3CC3)c3ccccc3)CC2C1. The Morgan fingerprint density at radius 3 is 2.24 bits per heavy atom. The van der Waals surface area contributed by atoms with Gasteiger partial charge in [0.25, 0.3) is 5.91 Å². The molecule has 5 rings (SSSR count). The van der Waals surface area contributed by atoms with Crippen LogP contribution in [0, 0.1) is 31.6 Å². The maximum Gasteiger partial charge on any atom is 0.257 e. The van der Waals surface area contributed by atoms with Gasteiger partial charge in [0.05, 0.1) is 23.0 Å². The van der Waals surface area contributed by atoms with Crippen molar-refractivity contribution in [1.29, 1.82) is 0 Å². The van der Waals surface area contributed by atoms with E-state index in [9.17, 15) is 9.59 Å². The third kappa shape index (κ3) is 4.78. The molecule has 0 radical (unpaired) electrons. The van der Waals surface area contributed by atoms with Crippen LogP contribution in [0.3, 0.4) is 0 Å². The van der Waals surface area contributed by atoms with E-state index < -0.39 is 0 Å². The van der Waals surface area contributed by atoms with E-state index >= 15 is 0 Å². The molecule has 7 nitrogen and oxygen atoms in total. The minimum atomic E-state index is 0.0573. The van der Waals surface area contributed by atoms with Crippen LogP contribution in [0.25, 0.3) is 0 Å². The summed E-state index contributed by atoms with van der Waals surface area (Å²) in [4.78, 5) is 38.5. The Bertz CT molecular complexity index is 988. The standard InChI is InChI=1S/C26H33N5O2/c1-17-24(18(2)28-16-27-17)26(33)31-14-21-12-30(13-22(21)15-31)11-10-23(19-6-4-3-5-7-19)29-25(32)20-8-9-20/h3-7,16,20-23H,8-15H2,1-2H3,(H,29,32)/t21?,22?,23-/m0/s1. The number of amides is 2. The lowest BCUT2D eigenvalue weighted by atomic mass is 10.0. The average molecular weight is 448 g/mol. The lowest BCUT2D eigenvalue weighted by Gasteiger charge is -2.25. The van der Waals surface area contributed by atoms with Crippen molar-refractivity contribution in [2.75, 3.05) is 32.7 Å². The summed E-state index contributed by atoms with van der Waals surface area (Å²) in [6.07, 6.45) is 4.47. The third-order valence-corrected chi connectivity index (χ3v) is 7.49. The molecule has 174 valence electrons. The first-order valence-corrected chi connectivity index (χ1v) is 12.1. The van der Waals surface area contributed by atoms with Crippen molar-refractivity contribution in [3.63, 3.8) is 0 Å². The molecule has 2 aliphatic heterocycles. The molecule has 0 bridgehead atoms. The maximum atomic E-state index is 13.1. The molecule has 3 fully saturated rings. The van der Waals surface area contributed by atoms with Crippen LogP contribution < -0.4 is 5.32 Å². The molecule has 3 atom stereocenters. The number of nitrogens with zero attached hydrogens (tertiary/aromatic N) is 4. The molecular formula is C26H33N5O2. The average Bonchev–Trinajstić information content (AvgIpc) is 3.48. The molecule has 3 heterocycles. The maximum absolute atomic E-state index is 13.1. The predicted molar refractivity (Wildman–Crippen MR) is 125 cm³/mol. The summed E-state index contributed by atoms with van der Waals surface area (Å²) in [5.74, 6) is 1.50. The van der Waals surface area contributed by atoms with Crippen LogP contribution >= 0.6 is 0 Å². The van der Waals surface area contributed by atoms with Gasteiger partial charge in [-0.3, -0.25) is 9.59 Å². The Balaban J connectivity index is 1.17. The summed E-state index contributed by atoms with van der Waals surface area (Å²) < 4.78 is 0. The topological polar surface area (TPSA) is 78.4 Å². The van der Waals surface area contributed by atoms with E-state index in [0.717, 1.165) is 63.4 Å². The van der Waals surface area contributed by atoms with Gasteiger partial charge in [-0.05, 0) is 50.5 Å². The van der Waals surface area contributed by atoms with Crippen LogP contribution in [0.1, 0.15) is 52.6 Å². The van der Waals surface area contributed by atoms with Crippen LogP contribution in [-0.2, 0) is 4.79 Å². The fourth-order valence-electron chi connectivity index (χ4n) is 5.45. The molecule has 0 spiro atoms. The van der Waals surface area contributed by atoms with Gasteiger partial charge in [-0.25, -0.2) is 9.97 Å². The van der Waals surface area contributed by atoms with Gasteiger partial charge in [0, 0.05) is 38.6 Å². The van der Waals surface area contributed by atoms with Gasteiger partial charge in [-0.15, -0.1) is 0 Å². The highest BCUT2D eigenvalue weighted by molar-refractivity contribution is 5.96. The number of fused-ring (bicyclic) bond motifs is 1. The minimum Gasteiger partial charge on any atom is -0.349 e. The number of carbonyl (C=O) groups excluding carboxylic acids is 2. The fourth-order valence-corrected chi connectivity index (χ4v) is 5.45. The zero-order valence-electron chi connectivity index (χ0n) is 19.5. The molecule has 1 aliphatic carbocycles. The molecule has 33 heavy (non-hydrogen) atoms. The van der Waals surface area contributed by atoms with Crippen LogP contribution in [0.4, 0.5) is 0 Å². The van der Waals surface area contributed by atoms with E-state index in [0.29, 0.717) is 17.4 Å². The number of aromatic nitrogens is 2. The van der Waals surface area contributed by atoms with Crippen molar-refractivity contribution in [2.45, 2.75) is 39.2 Å². The predicted octanol–water partition coefficient (Wildman–Crippen LogP) is 2.75. The summed E-state index contributed by atoms with van der Waals surface area (Å²) in [6, 6.07) is 10.4. The number of carbonyl (C=O) groups is 2. The smallest absolute Gasteiger partial charge is 0.257 e. The van der Waals surface area contributed by atoms with E-state index in [-0.39, 0.29) is 23.8 Å². The van der Waals surface area contributed by atoms with Gasteiger partial charge in [-0.2, -0.15) is 0 Å². The van der Waals surface area contributed by atoms with E-state index in [4.69, 9.17) is 0 Å². The van der Waals surface area contributed by atoms with Crippen molar-refractivity contribution >= 4 is 11.8 Å². The molecule has 3 aliphatic rings. The first-order chi connectivity index (χ1) is 16.0. The monoisotopic (exact) mass is 447 g/mol. The molecule has 7 heteroatoms. The summed E-state index contributed by atoms with van der Waals surface area (Å²) in [5.41, 5.74) is 3.35. The largest absolute Gasteiger partial charge is 0.349 e. The highest BCUT2D eigenvalue weighted by atomic mass is 16.2. The zero-order valence-corrected chi connectivity index (χ0v) is 19.5. The van der Waals surface area contributed by atoms with Crippen molar-refractivity contribution < 1.29 is 9.59 Å². The fraction of sp³-hybridized carbons (Fsp3) is 0.538. The Morgan fingerprint density at radius 1 is 1.00 bits per heavy atom. The molecule has 2 aromatic rings. The summed E-state index contributed by atoms with van der Waals surface area (Å²) in [7, 11) is 0. The Labute approximate surface area is 195 Å².